The van der Waals surface area contributed by atoms with Gasteiger partial charge in [0, 0.05) is 38.2 Å². The minimum Gasteiger partial charge on any atom is -0.454 e. The molecule has 3 aromatic heterocycles. The maximum Gasteiger partial charge on any atom is 0.160 e. The Morgan fingerprint density at radius 2 is 0.839 bits per heavy atom. The average Bonchev–Trinajstić information content (AvgIpc) is 3.82. The highest BCUT2D eigenvalue weighted by molar-refractivity contribution is 6.14. The fourth-order valence-corrected chi connectivity index (χ4v) is 8.09. The van der Waals surface area contributed by atoms with Gasteiger partial charge in [0.25, 0.3) is 0 Å². The second-order valence-electron chi connectivity index (χ2n) is 14.2. The molecule has 0 aliphatic rings. The van der Waals surface area contributed by atoms with Crippen molar-refractivity contribution in [3.8, 4) is 61.8 Å². The first-order valence-corrected chi connectivity index (χ1v) is 18.9. The Hall–Kier alpha value is -7.56. The van der Waals surface area contributed by atoms with Crippen LogP contribution in [0.5, 0.6) is 0 Å². The Bertz CT molecular complexity index is 3070. The van der Waals surface area contributed by atoms with Crippen LogP contribution < -0.4 is 0 Å². The summed E-state index contributed by atoms with van der Waals surface area (Å²) in [4.78, 5) is 10.2. The number of fused-ring (bicyclic) bond motifs is 6. The van der Waals surface area contributed by atoms with E-state index in [1.54, 1.807) is 0 Å². The SMILES string of the molecule is c1ccc(-c2ccc3c(c2)c2cc(-c4ccccc4)ccc2n3-c2cccc3c2oc2cc(-c4nc(-c5ccccc5)cc(-c5ccccc5)n4)ccc23)cc1. The van der Waals surface area contributed by atoms with E-state index in [2.05, 4.69) is 168 Å². The monoisotopic (exact) mass is 715 g/mol. The summed E-state index contributed by atoms with van der Waals surface area (Å²) in [7, 11) is 0. The van der Waals surface area contributed by atoms with Crippen LogP contribution in [0.15, 0.2) is 205 Å². The minimum atomic E-state index is 0.652. The molecule has 0 fully saturated rings. The fourth-order valence-electron chi connectivity index (χ4n) is 8.09. The van der Waals surface area contributed by atoms with Gasteiger partial charge in [0.1, 0.15) is 5.58 Å². The van der Waals surface area contributed by atoms with Crippen LogP contribution in [0.25, 0.3) is 106 Å². The molecule has 0 saturated heterocycles. The zero-order chi connectivity index (χ0) is 37.0. The summed E-state index contributed by atoms with van der Waals surface area (Å²) in [6, 6.07) is 70.2. The lowest BCUT2D eigenvalue weighted by Crippen LogP contribution is -1.95. The molecule has 11 rings (SSSR count). The van der Waals surface area contributed by atoms with Crippen LogP contribution in [0.3, 0.4) is 0 Å². The number of nitrogens with zero attached hydrogens (tertiary/aromatic N) is 3. The van der Waals surface area contributed by atoms with Crippen molar-refractivity contribution < 1.29 is 4.42 Å². The molecule has 0 aliphatic heterocycles. The fraction of sp³-hybridized carbons (Fsp3) is 0. The van der Waals surface area contributed by atoms with Gasteiger partial charge in [-0.15, -0.1) is 0 Å². The molecule has 3 heterocycles. The van der Waals surface area contributed by atoms with Gasteiger partial charge in [-0.1, -0.05) is 152 Å². The second-order valence-corrected chi connectivity index (χ2v) is 14.2. The van der Waals surface area contributed by atoms with Crippen LogP contribution in [0.2, 0.25) is 0 Å². The van der Waals surface area contributed by atoms with E-state index in [4.69, 9.17) is 14.4 Å². The van der Waals surface area contributed by atoms with Gasteiger partial charge < -0.3 is 8.98 Å². The lowest BCUT2D eigenvalue weighted by Gasteiger charge is -2.09. The summed E-state index contributed by atoms with van der Waals surface area (Å²) in [5.41, 5.74) is 14.4. The van der Waals surface area contributed by atoms with Crippen LogP contribution in [0.4, 0.5) is 0 Å². The van der Waals surface area contributed by atoms with Gasteiger partial charge in [-0.3, -0.25) is 0 Å². The van der Waals surface area contributed by atoms with E-state index < -0.39 is 0 Å². The van der Waals surface area contributed by atoms with Crippen molar-refractivity contribution in [2.24, 2.45) is 0 Å². The highest BCUT2D eigenvalue weighted by atomic mass is 16.3. The van der Waals surface area contributed by atoms with Crippen molar-refractivity contribution >= 4 is 43.7 Å². The van der Waals surface area contributed by atoms with E-state index in [9.17, 15) is 0 Å². The van der Waals surface area contributed by atoms with E-state index in [0.29, 0.717) is 5.82 Å². The van der Waals surface area contributed by atoms with Crippen molar-refractivity contribution in [3.63, 3.8) is 0 Å². The van der Waals surface area contributed by atoms with Crippen LogP contribution in [-0.2, 0) is 0 Å². The predicted octanol–water partition coefficient (Wildman–Crippen LogP) is 13.8. The molecule has 0 unspecified atom stereocenters. The lowest BCUT2D eigenvalue weighted by atomic mass is 10.0. The van der Waals surface area contributed by atoms with Crippen molar-refractivity contribution in [1.82, 2.24) is 14.5 Å². The van der Waals surface area contributed by atoms with Crippen molar-refractivity contribution in [2.75, 3.05) is 0 Å². The first-order chi connectivity index (χ1) is 27.7. The Balaban J connectivity index is 1.10. The Morgan fingerprint density at radius 3 is 1.38 bits per heavy atom. The summed E-state index contributed by atoms with van der Waals surface area (Å²) >= 11 is 0. The number of hydrogen-bond donors (Lipinski definition) is 0. The Kier molecular flexibility index (Phi) is 7.46. The zero-order valence-corrected chi connectivity index (χ0v) is 30.3. The van der Waals surface area contributed by atoms with Crippen LogP contribution in [-0.4, -0.2) is 14.5 Å². The quantitative estimate of drug-likeness (QED) is 0.172. The van der Waals surface area contributed by atoms with Gasteiger partial charge in [0.2, 0.25) is 0 Å². The number of hydrogen-bond acceptors (Lipinski definition) is 3. The van der Waals surface area contributed by atoms with Gasteiger partial charge >= 0.3 is 0 Å². The van der Waals surface area contributed by atoms with E-state index in [-0.39, 0.29) is 0 Å². The molecule has 4 nitrogen and oxygen atoms in total. The molecule has 0 radical (unpaired) electrons. The van der Waals surface area contributed by atoms with Gasteiger partial charge in [-0.25, -0.2) is 9.97 Å². The molecule has 0 saturated carbocycles. The molecule has 56 heavy (non-hydrogen) atoms. The molecule has 4 heteroatoms. The maximum atomic E-state index is 6.91. The van der Waals surface area contributed by atoms with Gasteiger partial charge in [0.15, 0.2) is 11.4 Å². The van der Waals surface area contributed by atoms with Gasteiger partial charge in [-0.05, 0) is 70.8 Å². The van der Waals surface area contributed by atoms with Crippen molar-refractivity contribution in [2.45, 2.75) is 0 Å². The average molecular weight is 716 g/mol. The maximum absolute atomic E-state index is 6.91. The van der Waals surface area contributed by atoms with Gasteiger partial charge in [0.05, 0.1) is 28.1 Å². The molecular formula is C52H33N3O. The van der Waals surface area contributed by atoms with Crippen molar-refractivity contribution in [1.29, 1.82) is 0 Å². The number of benzene rings is 8. The van der Waals surface area contributed by atoms with E-state index in [1.165, 1.54) is 33.0 Å². The minimum absolute atomic E-state index is 0.652. The largest absolute Gasteiger partial charge is 0.454 e. The molecule has 0 atom stereocenters. The highest BCUT2D eigenvalue weighted by Gasteiger charge is 2.20. The smallest absolute Gasteiger partial charge is 0.160 e. The molecule has 11 aromatic rings. The molecular weight excluding hydrogens is 683 g/mol. The topological polar surface area (TPSA) is 43.9 Å². The van der Waals surface area contributed by atoms with Crippen LogP contribution in [0, 0.1) is 0 Å². The summed E-state index contributed by atoms with van der Waals surface area (Å²) in [6.07, 6.45) is 0. The molecule has 0 amide bonds. The molecule has 0 N–H and O–H groups in total. The molecule has 0 aliphatic carbocycles. The summed E-state index contributed by atoms with van der Waals surface area (Å²) in [6.45, 7) is 0. The van der Waals surface area contributed by atoms with Crippen LogP contribution in [0.1, 0.15) is 0 Å². The molecule has 8 aromatic carbocycles. The molecule has 0 bridgehead atoms. The standard InChI is InChI=1S/C52H33N3O/c1-5-14-34(15-6-1)38-25-28-47-43(30-38)44-31-39(35-16-7-2-8-17-35)26-29-48(44)55(47)49-23-13-22-42-41-27-24-40(32-50(41)56-51(42)49)52-53-45(36-18-9-3-10-19-36)33-46(54-52)37-20-11-4-12-21-37/h1-33H. The summed E-state index contributed by atoms with van der Waals surface area (Å²) in [5, 5.41) is 4.50. The predicted molar refractivity (Wildman–Crippen MR) is 231 cm³/mol. The van der Waals surface area contributed by atoms with E-state index in [0.717, 1.165) is 66.7 Å². The Morgan fingerprint density at radius 1 is 0.339 bits per heavy atom. The first kappa shape index (κ1) is 31.9. The molecule has 262 valence electrons. The first-order valence-electron chi connectivity index (χ1n) is 18.9. The Labute approximate surface area is 323 Å². The molecule has 0 spiro atoms. The third-order valence-corrected chi connectivity index (χ3v) is 10.8. The van der Waals surface area contributed by atoms with Crippen molar-refractivity contribution in [3.05, 3.63) is 200 Å². The zero-order valence-electron chi connectivity index (χ0n) is 30.3. The number of furan rings is 1. The van der Waals surface area contributed by atoms with Gasteiger partial charge in [-0.2, -0.15) is 0 Å². The van der Waals surface area contributed by atoms with E-state index in [1.807, 2.05) is 36.4 Å². The lowest BCUT2D eigenvalue weighted by molar-refractivity contribution is 0.666. The second kappa shape index (κ2) is 13.1. The third kappa shape index (κ3) is 5.39. The normalized spacial score (nSPS) is 11.6. The number of aromatic nitrogens is 3. The third-order valence-electron chi connectivity index (χ3n) is 10.8. The number of para-hydroxylation sites is 1. The summed E-state index contributed by atoms with van der Waals surface area (Å²) in [5.74, 6) is 0.652. The highest BCUT2D eigenvalue weighted by Crippen LogP contribution is 2.41. The van der Waals surface area contributed by atoms with E-state index >= 15 is 0 Å². The number of rotatable bonds is 6. The summed E-state index contributed by atoms with van der Waals surface area (Å²) < 4.78 is 9.27. The van der Waals surface area contributed by atoms with Crippen LogP contribution >= 0.6 is 0 Å².